The summed E-state index contributed by atoms with van der Waals surface area (Å²) in [5, 5.41) is 0.0315. The van der Waals surface area contributed by atoms with E-state index in [2.05, 4.69) is 4.98 Å². The summed E-state index contributed by atoms with van der Waals surface area (Å²) in [6.45, 7) is 1.15. The highest BCUT2D eigenvalue weighted by atomic mass is 32.2. The quantitative estimate of drug-likeness (QED) is 0.696. The molecule has 8 heteroatoms. The van der Waals surface area contributed by atoms with Gasteiger partial charge in [0.2, 0.25) is 0 Å². The van der Waals surface area contributed by atoms with Crippen molar-refractivity contribution >= 4 is 28.7 Å². The number of nitrogens with one attached hydrogen (secondary N) is 1. The Kier molecular flexibility index (Phi) is 3.99. The molecular weight excluding hydrogens is 307 g/mol. The summed E-state index contributed by atoms with van der Waals surface area (Å²) in [6.07, 6.45) is -3.10. The van der Waals surface area contributed by atoms with Crippen molar-refractivity contribution in [1.29, 1.82) is 0 Å². The van der Waals surface area contributed by atoms with Crippen molar-refractivity contribution in [1.82, 2.24) is 4.98 Å². The molecule has 0 atom stereocenters. The van der Waals surface area contributed by atoms with Gasteiger partial charge in [-0.15, -0.1) is 0 Å². The van der Waals surface area contributed by atoms with Crippen molar-refractivity contribution in [2.24, 2.45) is 0 Å². The van der Waals surface area contributed by atoms with Crippen molar-refractivity contribution in [3.05, 3.63) is 39.7 Å². The second kappa shape index (κ2) is 5.44. The smallest absolute Gasteiger partial charge is 0.418 e. The van der Waals surface area contributed by atoms with E-state index < -0.39 is 28.6 Å². The maximum atomic E-state index is 13.0. The molecule has 0 aliphatic rings. The number of aromatic nitrogens is 1. The normalized spacial score (nSPS) is 11.7. The molecule has 0 unspecified atom stereocenters. The first-order chi connectivity index (χ1) is 9.77. The van der Waals surface area contributed by atoms with Crippen LogP contribution in [0.5, 0.6) is 5.75 Å². The Morgan fingerprint density at radius 2 is 2.00 bits per heavy atom. The lowest BCUT2D eigenvalue weighted by atomic mass is 10.0. The van der Waals surface area contributed by atoms with Gasteiger partial charge in [0.05, 0.1) is 23.1 Å². The first-order valence-electron chi connectivity index (χ1n) is 5.75. The highest BCUT2D eigenvalue weighted by Crippen LogP contribution is 2.37. The van der Waals surface area contributed by atoms with Gasteiger partial charge in [0.15, 0.2) is 11.5 Å². The van der Waals surface area contributed by atoms with Crippen molar-refractivity contribution in [3.8, 4) is 5.75 Å². The van der Waals surface area contributed by atoms with E-state index in [1.807, 2.05) is 0 Å². The average molecular weight is 317 g/mol. The first kappa shape index (κ1) is 15.4. The van der Waals surface area contributed by atoms with Gasteiger partial charge in [0, 0.05) is 11.6 Å². The van der Waals surface area contributed by atoms with E-state index in [4.69, 9.17) is 4.18 Å². The molecule has 0 aliphatic carbocycles. The van der Waals surface area contributed by atoms with E-state index >= 15 is 0 Å². The van der Waals surface area contributed by atoms with Crippen molar-refractivity contribution in [2.45, 2.75) is 13.1 Å². The number of hydrogen-bond donors (Lipinski definition) is 1. The van der Waals surface area contributed by atoms with Crippen LogP contribution in [-0.2, 0) is 6.18 Å². The number of fused-ring (bicyclic) bond motifs is 1. The van der Waals surface area contributed by atoms with E-state index in [1.165, 1.54) is 18.4 Å². The zero-order chi connectivity index (χ0) is 15.8. The van der Waals surface area contributed by atoms with Gasteiger partial charge in [-0.25, -0.2) is 0 Å². The fourth-order valence-corrected chi connectivity index (χ4v) is 2.36. The highest BCUT2D eigenvalue weighted by Gasteiger charge is 2.34. The zero-order valence-corrected chi connectivity index (χ0v) is 11.8. The monoisotopic (exact) mass is 317 g/mol. The molecule has 4 nitrogen and oxygen atoms in total. The Bertz CT molecular complexity index is 768. The SMILES string of the molecule is CSOc1c(C(C)=O)c(=O)[nH]c2c(C(F)(F)F)cccc12. The minimum Gasteiger partial charge on any atom is -0.424 e. The fraction of sp³-hybridized carbons (Fsp3) is 0.231. The summed E-state index contributed by atoms with van der Waals surface area (Å²) in [5.74, 6) is -0.737. The molecule has 1 N–H and O–H groups in total. The number of carbonyl (C=O) groups is 1. The van der Waals surface area contributed by atoms with Crippen LogP contribution >= 0.6 is 12.0 Å². The zero-order valence-electron chi connectivity index (χ0n) is 11.0. The molecule has 1 aromatic heterocycles. The Morgan fingerprint density at radius 1 is 1.33 bits per heavy atom. The van der Waals surface area contributed by atoms with Gasteiger partial charge in [-0.1, -0.05) is 6.07 Å². The number of ketones is 1. The number of pyridine rings is 1. The summed E-state index contributed by atoms with van der Waals surface area (Å²) >= 11 is 0.837. The molecule has 112 valence electrons. The third-order valence-corrected chi connectivity index (χ3v) is 3.16. The second-order valence-corrected chi connectivity index (χ2v) is 4.69. The van der Waals surface area contributed by atoms with Crippen LogP contribution in [0.25, 0.3) is 10.9 Å². The fourth-order valence-electron chi connectivity index (χ4n) is 2.02. The Morgan fingerprint density at radius 3 is 2.52 bits per heavy atom. The van der Waals surface area contributed by atoms with Crippen LogP contribution in [0.1, 0.15) is 22.8 Å². The molecule has 2 aromatic rings. The minimum atomic E-state index is -4.63. The maximum absolute atomic E-state index is 13.0. The van der Waals surface area contributed by atoms with E-state index in [0.717, 1.165) is 25.0 Å². The minimum absolute atomic E-state index is 0.0315. The number of carbonyl (C=O) groups excluding carboxylic acids is 1. The summed E-state index contributed by atoms with van der Waals surface area (Å²) < 4.78 is 44.1. The predicted molar refractivity (Wildman–Crippen MR) is 73.7 cm³/mol. The predicted octanol–water partition coefficient (Wildman–Crippen LogP) is 3.41. The molecule has 0 spiro atoms. The number of Topliss-reactive ketones (excluding diaryl/α,β-unsaturated/α-hetero) is 1. The van der Waals surface area contributed by atoms with E-state index in [-0.39, 0.29) is 16.7 Å². The summed E-state index contributed by atoms with van der Waals surface area (Å²) in [7, 11) is 0. The number of benzene rings is 1. The van der Waals surface area contributed by atoms with Gasteiger partial charge in [-0.3, -0.25) is 9.59 Å². The molecule has 0 fully saturated rings. The van der Waals surface area contributed by atoms with Gasteiger partial charge < -0.3 is 9.17 Å². The van der Waals surface area contributed by atoms with E-state index in [1.54, 1.807) is 0 Å². The molecule has 0 amide bonds. The van der Waals surface area contributed by atoms with Crippen LogP contribution in [-0.4, -0.2) is 17.0 Å². The molecule has 0 saturated heterocycles. The van der Waals surface area contributed by atoms with Gasteiger partial charge in [-0.05, 0) is 19.1 Å². The lowest BCUT2D eigenvalue weighted by molar-refractivity contribution is -0.136. The van der Waals surface area contributed by atoms with Crippen LogP contribution in [0, 0.1) is 0 Å². The van der Waals surface area contributed by atoms with Gasteiger partial charge >= 0.3 is 6.18 Å². The molecule has 21 heavy (non-hydrogen) atoms. The molecule has 0 saturated carbocycles. The number of aromatic amines is 1. The third kappa shape index (κ3) is 2.76. The van der Waals surface area contributed by atoms with Crippen LogP contribution in [0.2, 0.25) is 0 Å². The lowest BCUT2D eigenvalue weighted by Gasteiger charge is -2.14. The number of halogens is 3. The number of rotatable bonds is 3. The maximum Gasteiger partial charge on any atom is 0.418 e. The largest absolute Gasteiger partial charge is 0.424 e. The summed E-state index contributed by atoms with van der Waals surface area (Å²) in [4.78, 5) is 25.6. The Balaban J connectivity index is 2.96. The number of H-pyrrole nitrogens is 1. The summed E-state index contributed by atoms with van der Waals surface area (Å²) in [6, 6.07) is 3.41. The van der Waals surface area contributed by atoms with Gasteiger partial charge in [-0.2, -0.15) is 13.2 Å². The molecule has 1 heterocycles. The first-order valence-corrected chi connectivity index (χ1v) is 6.90. The van der Waals surface area contributed by atoms with Crippen molar-refractivity contribution in [2.75, 3.05) is 6.26 Å². The van der Waals surface area contributed by atoms with Gasteiger partial charge in [0.25, 0.3) is 5.56 Å². The van der Waals surface area contributed by atoms with E-state index in [0.29, 0.717) is 0 Å². The van der Waals surface area contributed by atoms with Crippen LogP contribution in [0.15, 0.2) is 23.0 Å². The van der Waals surface area contributed by atoms with Crippen LogP contribution < -0.4 is 9.74 Å². The topological polar surface area (TPSA) is 59.2 Å². The molecule has 0 aliphatic heterocycles. The summed E-state index contributed by atoms with van der Waals surface area (Å²) in [5.41, 5.74) is -2.59. The number of para-hydroxylation sites is 1. The molecule has 0 bridgehead atoms. The lowest BCUT2D eigenvalue weighted by Crippen LogP contribution is -2.19. The van der Waals surface area contributed by atoms with E-state index in [9.17, 15) is 22.8 Å². The van der Waals surface area contributed by atoms with Crippen molar-refractivity contribution in [3.63, 3.8) is 0 Å². The molecule has 2 rings (SSSR count). The number of hydrogen-bond acceptors (Lipinski definition) is 4. The highest BCUT2D eigenvalue weighted by molar-refractivity contribution is 7.94. The average Bonchev–Trinajstić information content (AvgIpc) is 2.36. The molecular formula is C13H10F3NO3S. The van der Waals surface area contributed by atoms with Crippen molar-refractivity contribution < 1.29 is 22.1 Å². The third-order valence-electron chi connectivity index (χ3n) is 2.83. The van der Waals surface area contributed by atoms with Crippen LogP contribution in [0.3, 0.4) is 0 Å². The number of alkyl halides is 3. The molecule has 1 aromatic carbocycles. The van der Waals surface area contributed by atoms with Gasteiger partial charge in [0.1, 0.15) is 5.56 Å². The van der Waals surface area contributed by atoms with Crippen LogP contribution in [0.4, 0.5) is 13.2 Å². The Labute approximate surface area is 121 Å². The Hall–Kier alpha value is -1.96. The standard InChI is InChI=1S/C13H10F3NO3S/c1-6(18)9-11(20-21-2)7-4-3-5-8(13(14,15)16)10(7)17-12(9)19/h3-5H,1-2H3,(H,17,19). The molecule has 0 radical (unpaired) electrons. The second-order valence-electron chi connectivity index (χ2n) is 4.19.